The molecule has 2 heterocycles. The molecule has 6 aliphatic rings. The molecule has 9 atom stereocenters. The van der Waals surface area contributed by atoms with Gasteiger partial charge in [0.15, 0.2) is 0 Å². The smallest absolute Gasteiger partial charge is 0.302 e. The molecule has 4 nitrogen and oxygen atoms in total. The highest BCUT2D eigenvalue weighted by molar-refractivity contribution is 5.66. The average molecular weight is 469 g/mol. The van der Waals surface area contributed by atoms with Crippen LogP contribution in [0.3, 0.4) is 0 Å². The lowest BCUT2D eigenvalue weighted by Gasteiger charge is -2.66. The lowest BCUT2D eigenvalue weighted by Crippen LogP contribution is -2.69. The Morgan fingerprint density at radius 3 is 2.50 bits per heavy atom. The number of esters is 1. The van der Waals surface area contributed by atoms with Crippen molar-refractivity contribution >= 4 is 5.97 Å². The quantitative estimate of drug-likeness (QED) is 0.248. The van der Waals surface area contributed by atoms with Gasteiger partial charge in [0.25, 0.3) is 0 Å². The maximum absolute atomic E-state index is 11.6. The van der Waals surface area contributed by atoms with Crippen molar-refractivity contribution in [2.45, 2.75) is 104 Å². The molecule has 0 aromatic carbocycles. The minimum Gasteiger partial charge on any atom is -0.462 e. The molecule has 0 aromatic heterocycles. The van der Waals surface area contributed by atoms with Gasteiger partial charge in [0.05, 0.1) is 0 Å². The Morgan fingerprint density at radius 1 is 1.09 bits per heavy atom. The largest absolute Gasteiger partial charge is 0.462 e. The SMILES string of the molecule is CC(=O)O[C@@H]1CC[C@]2(C)C3=CC[C@@]4(C)[C@@H](CC[C@H]4[C@H](C)/C=C/[C@@H](C)C(C)C)[C@@]34C=C[C@]2(C1)OO4. The lowest BCUT2D eigenvalue weighted by atomic mass is 9.46. The van der Waals surface area contributed by atoms with Crippen LogP contribution >= 0.6 is 0 Å². The van der Waals surface area contributed by atoms with Gasteiger partial charge in [0.2, 0.25) is 0 Å². The molecular weight excluding hydrogens is 424 g/mol. The van der Waals surface area contributed by atoms with E-state index in [4.69, 9.17) is 14.5 Å². The standard InChI is InChI=1S/C30H44O4/c1-19(2)20(3)8-9-21(4)24-10-11-25-27(24,6)14-13-26-28(7)15-12-23(32-22(5)31)18-29(28)16-17-30(25,26)34-33-29/h8-9,13,16-17,19-21,23-25H,10-12,14-15,18H2,1-7H3/b9-8+/t20-,21-,23-,24+,25-,27-,28-,29-,30+/m1/s1. The molecule has 0 aromatic rings. The van der Waals surface area contributed by atoms with Gasteiger partial charge in [-0.05, 0) is 78.9 Å². The molecule has 0 amide bonds. The Labute approximate surface area is 206 Å². The predicted octanol–water partition coefficient (Wildman–Crippen LogP) is 6.96. The minimum absolute atomic E-state index is 0.115. The summed E-state index contributed by atoms with van der Waals surface area (Å²) < 4.78 is 5.61. The molecule has 0 unspecified atom stereocenters. The molecule has 4 aliphatic carbocycles. The van der Waals surface area contributed by atoms with E-state index in [1.165, 1.54) is 25.3 Å². The van der Waals surface area contributed by atoms with Gasteiger partial charge in [-0.2, -0.15) is 0 Å². The molecule has 2 aliphatic heterocycles. The first-order valence-electron chi connectivity index (χ1n) is 13.6. The van der Waals surface area contributed by atoms with E-state index >= 15 is 0 Å². The molecular formula is C30H44O4. The van der Waals surface area contributed by atoms with Crippen molar-refractivity contribution in [1.29, 1.82) is 0 Å². The molecule has 6 rings (SSSR count). The summed E-state index contributed by atoms with van der Waals surface area (Å²) in [6.45, 7) is 15.7. The zero-order valence-corrected chi connectivity index (χ0v) is 22.2. The van der Waals surface area contributed by atoms with Crippen molar-refractivity contribution in [2.24, 2.45) is 40.4 Å². The highest BCUT2D eigenvalue weighted by Crippen LogP contribution is 2.71. The van der Waals surface area contributed by atoms with Crippen molar-refractivity contribution in [3.8, 4) is 0 Å². The van der Waals surface area contributed by atoms with Gasteiger partial charge in [-0.15, -0.1) is 0 Å². The van der Waals surface area contributed by atoms with Crippen molar-refractivity contribution in [3.05, 3.63) is 36.0 Å². The van der Waals surface area contributed by atoms with Gasteiger partial charge in [0, 0.05) is 24.7 Å². The minimum atomic E-state index is -0.548. The van der Waals surface area contributed by atoms with Gasteiger partial charge in [-0.25, -0.2) is 9.78 Å². The fourth-order valence-corrected chi connectivity index (χ4v) is 8.33. The Bertz CT molecular complexity index is 932. The average Bonchev–Trinajstić information content (AvgIpc) is 3.14. The molecule has 34 heavy (non-hydrogen) atoms. The number of carbonyl (C=O) groups excluding carboxylic acids is 1. The number of hydrogen-bond donors (Lipinski definition) is 0. The highest BCUT2D eigenvalue weighted by Gasteiger charge is 2.72. The number of ether oxygens (including phenoxy) is 1. The molecule has 1 saturated heterocycles. The lowest BCUT2D eigenvalue weighted by molar-refractivity contribution is -0.455. The second-order valence-electron chi connectivity index (χ2n) is 12.9. The first kappa shape index (κ1) is 24.3. The van der Waals surface area contributed by atoms with Gasteiger partial charge in [-0.3, -0.25) is 4.79 Å². The summed E-state index contributed by atoms with van der Waals surface area (Å²) >= 11 is 0. The number of allylic oxidation sites excluding steroid dienone is 3. The number of carbonyl (C=O) groups is 1. The predicted molar refractivity (Wildman–Crippen MR) is 134 cm³/mol. The molecule has 188 valence electrons. The van der Waals surface area contributed by atoms with E-state index in [9.17, 15) is 4.79 Å². The summed E-state index contributed by atoms with van der Waals surface area (Å²) in [5, 5.41) is 0. The van der Waals surface area contributed by atoms with Crippen LogP contribution in [-0.2, 0) is 19.3 Å². The molecule has 4 heteroatoms. The van der Waals surface area contributed by atoms with Crippen LogP contribution in [-0.4, -0.2) is 23.3 Å². The van der Waals surface area contributed by atoms with Crippen LogP contribution in [0.5, 0.6) is 0 Å². The third-order valence-corrected chi connectivity index (χ3v) is 10.8. The van der Waals surface area contributed by atoms with E-state index in [0.717, 1.165) is 19.3 Å². The van der Waals surface area contributed by atoms with E-state index in [-0.39, 0.29) is 22.9 Å². The van der Waals surface area contributed by atoms with Crippen molar-refractivity contribution in [1.82, 2.24) is 0 Å². The van der Waals surface area contributed by atoms with Crippen LogP contribution in [0.15, 0.2) is 36.0 Å². The number of hydrogen-bond acceptors (Lipinski definition) is 4. The Balaban J connectivity index is 1.45. The zero-order chi connectivity index (χ0) is 24.5. The fraction of sp³-hybridized carbons (Fsp3) is 0.767. The number of rotatable bonds is 5. The van der Waals surface area contributed by atoms with Crippen molar-refractivity contribution in [3.63, 3.8) is 0 Å². The first-order chi connectivity index (χ1) is 16.0. The van der Waals surface area contributed by atoms with Crippen LogP contribution in [0, 0.1) is 40.4 Å². The fourth-order valence-electron chi connectivity index (χ4n) is 8.33. The second-order valence-corrected chi connectivity index (χ2v) is 12.9. The van der Waals surface area contributed by atoms with E-state index in [2.05, 4.69) is 71.9 Å². The zero-order valence-electron chi connectivity index (χ0n) is 22.2. The summed E-state index contributed by atoms with van der Waals surface area (Å²) in [6, 6.07) is 0. The van der Waals surface area contributed by atoms with Crippen molar-refractivity contribution in [2.75, 3.05) is 0 Å². The second kappa shape index (κ2) is 8.06. The van der Waals surface area contributed by atoms with Crippen LogP contribution in [0.25, 0.3) is 0 Å². The van der Waals surface area contributed by atoms with Gasteiger partial charge < -0.3 is 4.74 Å². The van der Waals surface area contributed by atoms with E-state index in [0.29, 0.717) is 36.0 Å². The Morgan fingerprint density at radius 2 is 1.85 bits per heavy atom. The highest BCUT2D eigenvalue weighted by atomic mass is 17.2. The Hall–Kier alpha value is -1.39. The first-order valence-corrected chi connectivity index (χ1v) is 13.6. The summed E-state index contributed by atoms with van der Waals surface area (Å²) in [7, 11) is 0. The maximum atomic E-state index is 11.6. The van der Waals surface area contributed by atoms with E-state index in [1.54, 1.807) is 0 Å². The summed E-state index contributed by atoms with van der Waals surface area (Å²) in [5.74, 6) is 2.67. The van der Waals surface area contributed by atoms with Crippen LogP contribution < -0.4 is 0 Å². The maximum Gasteiger partial charge on any atom is 0.302 e. The normalized spacial score (nSPS) is 46.6. The van der Waals surface area contributed by atoms with E-state index in [1.807, 2.05) is 0 Å². The summed E-state index contributed by atoms with van der Waals surface area (Å²) in [4.78, 5) is 24.5. The van der Waals surface area contributed by atoms with Crippen LogP contribution in [0.4, 0.5) is 0 Å². The molecule has 0 radical (unpaired) electrons. The molecule has 0 N–H and O–H groups in total. The summed E-state index contributed by atoms with van der Waals surface area (Å²) in [5.41, 5.74) is 0.489. The van der Waals surface area contributed by atoms with Gasteiger partial charge in [0.1, 0.15) is 17.3 Å². The van der Waals surface area contributed by atoms with Crippen LogP contribution in [0.2, 0.25) is 0 Å². The molecule has 2 spiro atoms. The third kappa shape index (κ3) is 3.27. The third-order valence-electron chi connectivity index (χ3n) is 10.8. The van der Waals surface area contributed by atoms with Crippen LogP contribution in [0.1, 0.15) is 87.0 Å². The topological polar surface area (TPSA) is 44.8 Å². The number of fused-ring (bicyclic) bond motifs is 2. The summed E-state index contributed by atoms with van der Waals surface area (Å²) in [6.07, 6.45) is 17.9. The monoisotopic (exact) mass is 468 g/mol. The molecule has 2 bridgehead atoms. The van der Waals surface area contributed by atoms with Crippen molar-refractivity contribution < 1.29 is 19.3 Å². The molecule has 3 fully saturated rings. The molecule has 2 saturated carbocycles. The van der Waals surface area contributed by atoms with Gasteiger partial charge >= 0.3 is 5.97 Å². The van der Waals surface area contributed by atoms with E-state index < -0.39 is 11.2 Å². The Kier molecular flexibility index (Phi) is 5.76. The van der Waals surface area contributed by atoms with Gasteiger partial charge in [-0.1, -0.05) is 59.8 Å².